The minimum Gasteiger partial charge on any atom is -0.478 e. The van der Waals surface area contributed by atoms with Crippen LogP contribution in [0.15, 0.2) is 59.5 Å². The SMILES string of the molecule is O=C(O)/C=C/c1cccc(S(=O)(=O)NC2C=CC=CC2)c1. The van der Waals surface area contributed by atoms with Gasteiger partial charge in [-0.2, -0.15) is 0 Å². The number of carbonyl (C=O) groups is 1. The first-order chi connectivity index (χ1) is 9.97. The molecule has 2 rings (SSSR count). The van der Waals surface area contributed by atoms with Crippen LogP contribution in [0.1, 0.15) is 12.0 Å². The largest absolute Gasteiger partial charge is 0.478 e. The van der Waals surface area contributed by atoms with Crippen molar-refractivity contribution < 1.29 is 18.3 Å². The average Bonchev–Trinajstić information content (AvgIpc) is 2.46. The van der Waals surface area contributed by atoms with Crippen molar-refractivity contribution in [2.24, 2.45) is 0 Å². The zero-order chi connectivity index (χ0) is 15.3. The molecular formula is C15H15NO4S. The molecule has 1 atom stereocenters. The molecular weight excluding hydrogens is 290 g/mol. The molecule has 2 N–H and O–H groups in total. The highest BCUT2D eigenvalue weighted by molar-refractivity contribution is 7.89. The number of benzene rings is 1. The molecule has 0 aliphatic heterocycles. The number of allylic oxidation sites excluding steroid dienone is 2. The van der Waals surface area contributed by atoms with Crippen molar-refractivity contribution in [1.82, 2.24) is 4.72 Å². The van der Waals surface area contributed by atoms with Crippen LogP contribution in [-0.4, -0.2) is 25.5 Å². The monoisotopic (exact) mass is 305 g/mol. The summed E-state index contributed by atoms with van der Waals surface area (Å²) in [7, 11) is -3.64. The number of hydrogen-bond acceptors (Lipinski definition) is 3. The molecule has 0 saturated carbocycles. The Morgan fingerprint density at radius 1 is 1.33 bits per heavy atom. The van der Waals surface area contributed by atoms with Crippen molar-refractivity contribution in [3.05, 3.63) is 60.2 Å². The second-order valence-electron chi connectivity index (χ2n) is 4.52. The maximum Gasteiger partial charge on any atom is 0.328 e. The Morgan fingerprint density at radius 3 is 2.81 bits per heavy atom. The number of aliphatic carboxylic acids is 1. The van der Waals surface area contributed by atoms with E-state index in [-0.39, 0.29) is 10.9 Å². The third kappa shape index (κ3) is 4.40. The van der Waals surface area contributed by atoms with Crippen LogP contribution >= 0.6 is 0 Å². The van der Waals surface area contributed by atoms with E-state index >= 15 is 0 Å². The second kappa shape index (κ2) is 6.51. The van der Waals surface area contributed by atoms with Crippen molar-refractivity contribution in [2.45, 2.75) is 17.4 Å². The predicted octanol–water partition coefficient (Wildman–Crippen LogP) is 1.95. The minimum atomic E-state index is -3.64. The van der Waals surface area contributed by atoms with Crippen LogP contribution in [0.25, 0.3) is 6.08 Å². The molecule has 0 heterocycles. The van der Waals surface area contributed by atoms with Crippen molar-refractivity contribution in [2.75, 3.05) is 0 Å². The fraction of sp³-hybridized carbons (Fsp3) is 0.133. The predicted molar refractivity (Wildman–Crippen MR) is 80.1 cm³/mol. The van der Waals surface area contributed by atoms with Gasteiger partial charge in [-0.3, -0.25) is 0 Å². The highest BCUT2D eigenvalue weighted by Crippen LogP contribution is 2.15. The fourth-order valence-electron chi connectivity index (χ4n) is 1.89. The molecule has 0 aromatic heterocycles. The molecule has 0 bridgehead atoms. The maximum absolute atomic E-state index is 12.3. The maximum atomic E-state index is 12.3. The van der Waals surface area contributed by atoms with Gasteiger partial charge in [-0.25, -0.2) is 17.9 Å². The van der Waals surface area contributed by atoms with Crippen LogP contribution in [0, 0.1) is 0 Å². The molecule has 6 heteroatoms. The molecule has 1 unspecified atom stereocenters. The Labute approximate surface area is 123 Å². The summed E-state index contributed by atoms with van der Waals surface area (Å²) in [5, 5.41) is 8.59. The van der Waals surface area contributed by atoms with E-state index in [0.717, 1.165) is 6.08 Å². The van der Waals surface area contributed by atoms with Gasteiger partial charge in [-0.1, -0.05) is 36.4 Å². The first-order valence-corrected chi connectivity index (χ1v) is 7.82. The van der Waals surface area contributed by atoms with Gasteiger partial charge in [0.2, 0.25) is 10.0 Å². The lowest BCUT2D eigenvalue weighted by Crippen LogP contribution is -2.33. The summed E-state index contributed by atoms with van der Waals surface area (Å²) in [6.45, 7) is 0. The van der Waals surface area contributed by atoms with E-state index < -0.39 is 16.0 Å². The molecule has 1 aromatic carbocycles. The summed E-state index contributed by atoms with van der Waals surface area (Å²) in [6, 6.07) is 5.86. The van der Waals surface area contributed by atoms with E-state index in [9.17, 15) is 13.2 Å². The number of sulfonamides is 1. The zero-order valence-electron chi connectivity index (χ0n) is 11.1. The third-order valence-corrected chi connectivity index (χ3v) is 4.36. The molecule has 0 amide bonds. The molecule has 0 radical (unpaired) electrons. The van der Waals surface area contributed by atoms with Gasteiger partial charge in [0, 0.05) is 12.1 Å². The van der Waals surface area contributed by atoms with Gasteiger partial charge in [0.05, 0.1) is 4.90 Å². The first-order valence-electron chi connectivity index (χ1n) is 6.34. The number of carboxylic acid groups (broad SMARTS) is 1. The molecule has 110 valence electrons. The zero-order valence-corrected chi connectivity index (χ0v) is 12.0. The van der Waals surface area contributed by atoms with Crippen molar-refractivity contribution in [3.8, 4) is 0 Å². The van der Waals surface area contributed by atoms with Crippen molar-refractivity contribution >= 4 is 22.1 Å². The molecule has 0 spiro atoms. The number of carboxylic acids is 1. The summed E-state index contributed by atoms with van der Waals surface area (Å²) in [5.74, 6) is -1.08. The van der Waals surface area contributed by atoms with E-state index in [1.807, 2.05) is 12.2 Å². The highest BCUT2D eigenvalue weighted by atomic mass is 32.2. The number of hydrogen-bond donors (Lipinski definition) is 2. The van der Waals surface area contributed by atoms with Crippen LogP contribution in [0.3, 0.4) is 0 Å². The Hall–Kier alpha value is -2.18. The lowest BCUT2D eigenvalue weighted by Gasteiger charge is -2.15. The normalized spacial score (nSPS) is 18.2. The fourth-order valence-corrected chi connectivity index (χ4v) is 3.15. The third-order valence-electron chi connectivity index (χ3n) is 2.87. The molecule has 0 fully saturated rings. The van der Waals surface area contributed by atoms with Crippen molar-refractivity contribution in [1.29, 1.82) is 0 Å². The molecule has 0 saturated heterocycles. The Bertz CT molecular complexity index is 717. The summed E-state index contributed by atoms with van der Waals surface area (Å²) in [6.07, 6.45) is 10.3. The highest BCUT2D eigenvalue weighted by Gasteiger charge is 2.18. The Morgan fingerprint density at radius 2 is 2.14 bits per heavy atom. The van der Waals surface area contributed by atoms with E-state index in [4.69, 9.17) is 5.11 Å². The van der Waals surface area contributed by atoms with Gasteiger partial charge in [-0.15, -0.1) is 0 Å². The first kappa shape index (κ1) is 15.2. The van der Waals surface area contributed by atoms with Crippen molar-refractivity contribution in [3.63, 3.8) is 0 Å². The Balaban J connectivity index is 2.19. The second-order valence-corrected chi connectivity index (χ2v) is 6.23. The summed E-state index contributed by atoms with van der Waals surface area (Å²) in [5.41, 5.74) is 0.513. The molecule has 1 aliphatic rings. The van der Waals surface area contributed by atoms with Gasteiger partial charge in [0.25, 0.3) is 0 Å². The van der Waals surface area contributed by atoms with Crippen LogP contribution < -0.4 is 4.72 Å². The van der Waals surface area contributed by atoms with Crippen LogP contribution in [-0.2, 0) is 14.8 Å². The van der Waals surface area contributed by atoms with Crippen LogP contribution in [0.4, 0.5) is 0 Å². The van der Waals surface area contributed by atoms with Crippen LogP contribution in [0.2, 0.25) is 0 Å². The minimum absolute atomic E-state index is 0.109. The van der Waals surface area contributed by atoms with E-state index in [1.54, 1.807) is 24.3 Å². The van der Waals surface area contributed by atoms with E-state index in [0.29, 0.717) is 12.0 Å². The smallest absolute Gasteiger partial charge is 0.328 e. The van der Waals surface area contributed by atoms with E-state index in [2.05, 4.69) is 4.72 Å². The van der Waals surface area contributed by atoms with Gasteiger partial charge < -0.3 is 5.11 Å². The topological polar surface area (TPSA) is 83.5 Å². The number of rotatable bonds is 5. The quantitative estimate of drug-likeness (QED) is 0.814. The van der Waals surface area contributed by atoms with Gasteiger partial charge in [-0.05, 0) is 30.2 Å². The van der Waals surface area contributed by atoms with E-state index in [1.165, 1.54) is 18.2 Å². The summed E-state index contributed by atoms with van der Waals surface area (Å²) < 4.78 is 27.2. The summed E-state index contributed by atoms with van der Waals surface area (Å²) >= 11 is 0. The number of nitrogens with one attached hydrogen (secondary N) is 1. The standard InChI is InChI=1S/C15H15NO4S/c17-15(18)10-9-12-5-4-8-14(11-12)21(19,20)16-13-6-2-1-3-7-13/h1-6,8-11,13,16H,7H2,(H,17,18)/b10-9+. The molecule has 5 nitrogen and oxygen atoms in total. The van der Waals surface area contributed by atoms with Gasteiger partial charge >= 0.3 is 5.97 Å². The lowest BCUT2D eigenvalue weighted by molar-refractivity contribution is -0.131. The lowest BCUT2D eigenvalue weighted by atomic mass is 10.1. The Kier molecular flexibility index (Phi) is 4.72. The summed E-state index contributed by atoms with van der Waals surface area (Å²) in [4.78, 5) is 10.6. The van der Waals surface area contributed by atoms with Gasteiger partial charge in [0.15, 0.2) is 0 Å². The average molecular weight is 305 g/mol. The molecule has 1 aromatic rings. The van der Waals surface area contributed by atoms with Crippen LogP contribution in [0.5, 0.6) is 0 Å². The van der Waals surface area contributed by atoms with Gasteiger partial charge in [0.1, 0.15) is 0 Å². The molecule has 21 heavy (non-hydrogen) atoms. The molecule has 1 aliphatic carbocycles.